The Hall–Kier alpha value is -1.05. The van der Waals surface area contributed by atoms with Crippen LogP contribution in [-0.2, 0) is 10.8 Å². The van der Waals surface area contributed by atoms with Crippen molar-refractivity contribution in [2.24, 2.45) is 0 Å². The summed E-state index contributed by atoms with van der Waals surface area (Å²) < 4.78 is 7.06. The van der Waals surface area contributed by atoms with E-state index < -0.39 is 6.51 Å². The van der Waals surface area contributed by atoms with Gasteiger partial charge in [0.25, 0.3) is 0 Å². The second-order valence-corrected chi connectivity index (χ2v) is 35.7. The van der Waals surface area contributed by atoms with Crippen LogP contribution in [0.15, 0.2) is 39.5 Å². The molecule has 11 heterocycles. The van der Waals surface area contributed by atoms with Gasteiger partial charge in [0.15, 0.2) is 0 Å². The first-order valence-electron chi connectivity index (χ1n) is 8.77. The molecular formula is C19H14FeO2. The molecule has 0 N–H and O–H groups in total. The molecule has 10 saturated heterocycles. The van der Waals surface area contributed by atoms with Crippen molar-refractivity contribution in [2.45, 2.75) is 47.7 Å². The zero-order chi connectivity index (χ0) is 13.6. The average Bonchev–Trinajstić information content (AvgIpc) is 3.46. The summed E-state index contributed by atoms with van der Waals surface area (Å²) in [4.78, 5) is 24.0. The Balaban J connectivity index is 1.41. The maximum atomic E-state index is 12.7. The molecule has 2 nitrogen and oxygen atoms in total. The van der Waals surface area contributed by atoms with E-state index in [1.165, 1.54) is 39.5 Å². The Morgan fingerprint density at radius 1 is 0.909 bits per heavy atom. The molecule has 2 aromatic rings. The van der Waals surface area contributed by atoms with Gasteiger partial charge in [0.05, 0.1) is 0 Å². The number of hydrogen-bond donors (Lipinski definition) is 0. The molecule has 1 aromatic heterocycles. The molecule has 22 heavy (non-hydrogen) atoms. The Labute approximate surface area is 116 Å². The summed E-state index contributed by atoms with van der Waals surface area (Å²) in [6, 6.07) is 9.84. The molecule has 0 bridgehead atoms. The van der Waals surface area contributed by atoms with Gasteiger partial charge in [0, 0.05) is 0 Å². The Kier molecular flexibility index (Phi) is 0.295. The first kappa shape index (κ1) is 8.17. The second-order valence-electron chi connectivity index (χ2n) is 12.2. The predicted octanol–water partition coefficient (Wildman–Crippen LogP) is 4.59. The van der Waals surface area contributed by atoms with Crippen LogP contribution in [0.5, 0.6) is 0 Å². The van der Waals surface area contributed by atoms with E-state index >= 15 is 0 Å². The van der Waals surface area contributed by atoms with Crippen molar-refractivity contribution in [1.29, 1.82) is 0 Å². The van der Waals surface area contributed by atoms with Crippen LogP contribution >= 0.6 is 0 Å². The molecule has 110 valence electrons. The average molecular weight is 330 g/mol. The van der Waals surface area contributed by atoms with Crippen LogP contribution in [-0.4, -0.2) is 0 Å². The summed E-state index contributed by atoms with van der Waals surface area (Å²) >= 11 is 0. The summed E-state index contributed by atoms with van der Waals surface area (Å²) in [5.41, 5.74) is 1.06. The molecule has 0 saturated carbocycles. The summed E-state index contributed by atoms with van der Waals surface area (Å²) in [6.45, 7) is -3.20. The van der Waals surface area contributed by atoms with Crippen LogP contribution in [0.4, 0.5) is 0 Å². The van der Waals surface area contributed by atoms with Crippen LogP contribution in [0.25, 0.3) is 11.0 Å². The van der Waals surface area contributed by atoms with Gasteiger partial charge in [-0.2, -0.15) is 0 Å². The van der Waals surface area contributed by atoms with Crippen molar-refractivity contribution >= 4 is 11.0 Å². The van der Waals surface area contributed by atoms with Crippen LogP contribution in [0, 0.1) is 0 Å². The van der Waals surface area contributed by atoms with E-state index in [1.54, 1.807) is 0 Å². The summed E-state index contributed by atoms with van der Waals surface area (Å²) in [5, 5.41) is 0.776. The van der Waals surface area contributed by atoms with E-state index in [1.807, 2.05) is 30.3 Å². The predicted molar refractivity (Wildman–Crippen MR) is 77.9 cm³/mol. The standard InChI is InChI=1S/C14H9O2.C5H5.Fe/c15-12-9-14(10-5-1-2-6-10)16-13-8-4-3-7-11(12)13;1-2-4-5-3-1;/h1-9H;1-5H;. The molecule has 3 heteroatoms. The topological polar surface area (TPSA) is 30.2 Å². The minimum atomic E-state index is -3.20. The van der Waals surface area contributed by atoms with Crippen molar-refractivity contribution in [3.63, 3.8) is 0 Å². The molecule has 4 atom stereocenters. The molecule has 0 amide bonds. The normalized spacial score (nSPS) is 94.8. The molecule has 1 aromatic carbocycles. The number of rotatable bonds is 1. The van der Waals surface area contributed by atoms with Crippen molar-refractivity contribution in [3.05, 3.63) is 46.3 Å². The first-order valence-corrected chi connectivity index (χ1v) is 15.1. The Bertz CT molecular complexity index is 1460. The third-order valence-corrected chi connectivity index (χ3v) is 59.0. The zero-order valence-electron chi connectivity index (χ0n) is 11.8. The van der Waals surface area contributed by atoms with Gasteiger partial charge in [0.2, 0.25) is 0 Å². The molecule has 10 fully saturated rings. The second kappa shape index (κ2) is 0.795. The van der Waals surface area contributed by atoms with Crippen molar-refractivity contribution in [3.8, 4) is 0 Å². The molecule has 4 unspecified atom stereocenters. The van der Waals surface area contributed by atoms with Gasteiger partial charge in [-0.25, -0.2) is 0 Å². The first-order chi connectivity index (χ1) is 10.5. The van der Waals surface area contributed by atoms with Gasteiger partial charge < -0.3 is 0 Å². The fourth-order valence-corrected chi connectivity index (χ4v) is 92.1. The molecule has 10 aliphatic rings. The van der Waals surface area contributed by atoms with Crippen LogP contribution in [0.1, 0.15) is 5.76 Å². The minimum absolute atomic E-state index is 0.216. The van der Waals surface area contributed by atoms with Crippen molar-refractivity contribution < 1.29 is 10.9 Å². The van der Waals surface area contributed by atoms with E-state index in [2.05, 4.69) is 0 Å². The number of benzene rings is 1. The van der Waals surface area contributed by atoms with Crippen LogP contribution in [0.3, 0.4) is 0 Å². The Morgan fingerprint density at radius 2 is 1.55 bits per heavy atom. The molecule has 1 spiro atoms. The van der Waals surface area contributed by atoms with Gasteiger partial charge in [-0.1, -0.05) is 0 Å². The van der Waals surface area contributed by atoms with Gasteiger partial charge >= 0.3 is 116 Å². The maximum absolute atomic E-state index is 12.7. The summed E-state index contributed by atoms with van der Waals surface area (Å²) in [6.07, 6.45) is 0. The molecule has 10 aliphatic heterocycles. The SMILES string of the molecule is O=c1cc([C]23[CH]4[CH]5[CH]6[CH]2[Fe]56432789[CH]3[CH]2[CH]7[CH]8[CH]39)oc2ccccc12. The summed E-state index contributed by atoms with van der Waals surface area (Å²) in [5.74, 6) is 1.21. The monoisotopic (exact) mass is 330 g/mol. The third-order valence-electron chi connectivity index (χ3n) is 16.7. The zero-order valence-corrected chi connectivity index (χ0v) is 12.9. The molecule has 0 radical (unpaired) electrons. The van der Waals surface area contributed by atoms with Crippen molar-refractivity contribution in [2.75, 3.05) is 0 Å². The molecule has 0 aliphatic carbocycles. The van der Waals surface area contributed by atoms with E-state index in [0.29, 0.717) is 4.31 Å². The van der Waals surface area contributed by atoms with Crippen LogP contribution < -0.4 is 5.43 Å². The number of hydrogen-bond acceptors (Lipinski definition) is 2. The van der Waals surface area contributed by atoms with E-state index in [9.17, 15) is 4.79 Å². The quantitative estimate of drug-likeness (QED) is 0.716. The van der Waals surface area contributed by atoms with E-state index in [0.717, 1.165) is 20.6 Å². The molecular weight excluding hydrogens is 316 g/mol. The summed E-state index contributed by atoms with van der Waals surface area (Å²) in [7, 11) is 0. The van der Waals surface area contributed by atoms with E-state index in [4.69, 9.17) is 4.42 Å². The number of para-hydroxylation sites is 1. The van der Waals surface area contributed by atoms with Gasteiger partial charge in [-0.3, -0.25) is 0 Å². The van der Waals surface area contributed by atoms with Gasteiger partial charge in [-0.15, -0.1) is 0 Å². The number of fused-ring (bicyclic) bond motifs is 11. The van der Waals surface area contributed by atoms with E-state index in [-0.39, 0.29) is 5.43 Å². The fraction of sp³-hybridized carbons (Fsp3) is 0.526. The molecule has 12 rings (SSSR count). The van der Waals surface area contributed by atoms with Gasteiger partial charge in [-0.05, 0) is 0 Å². The Morgan fingerprint density at radius 3 is 2.09 bits per heavy atom. The van der Waals surface area contributed by atoms with Gasteiger partial charge in [0.1, 0.15) is 0 Å². The third kappa shape index (κ3) is 0.105. The van der Waals surface area contributed by atoms with Crippen molar-refractivity contribution in [1.82, 2.24) is 0 Å². The van der Waals surface area contributed by atoms with Crippen LogP contribution in [0.2, 0.25) is 43.3 Å². The fourth-order valence-electron chi connectivity index (χ4n) is 18.2.